The number of nitrogens with one attached hydrogen (secondary N) is 1. The quantitative estimate of drug-likeness (QED) is 0.0321. The molecule has 0 aliphatic carbocycles. The van der Waals surface area contributed by atoms with E-state index in [4.69, 9.17) is 4.74 Å². The number of amides is 1. The molecular weight excluding hydrogens is 791 g/mol. The number of rotatable bonds is 52. The lowest BCUT2D eigenvalue weighted by molar-refractivity contribution is -0.151. The van der Waals surface area contributed by atoms with Gasteiger partial charge in [-0.3, -0.25) is 9.59 Å². The van der Waals surface area contributed by atoms with Gasteiger partial charge in [-0.15, -0.1) is 0 Å². The number of esters is 1. The van der Waals surface area contributed by atoms with Crippen LogP contribution in [0.1, 0.15) is 310 Å². The average molecular weight is 903 g/mol. The second-order valence-electron chi connectivity index (χ2n) is 19.7. The largest absolute Gasteiger partial charge is 0.462 e. The van der Waals surface area contributed by atoms with Crippen molar-refractivity contribution in [2.45, 2.75) is 328 Å². The number of ether oxygens (including phenoxy) is 1. The van der Waals surface area contributed by atoms with E-state index in [0.29, 0.717) is 19.3 Å². The van der Waals surface area contributed by atoms with Crippen LogP contribution in [0.2, 0.25) is 0 Å². The molecule has 64 heavy (non-hydrogen) atoms. The summed E-state index contributed by atoms with van der Waals surface area (Å²) in [5.41, 5.74) is 0. The molecule has 378 valence electrons. The van der Waals surface area contributed by atoms with E-state index >= 15 is 0 Å². The van der Waals surface area contributed by atoms with Gasteiger partial charge in [-0.2, -0.15) is 0 Å². The van der Waals surface area contributed by atoms with Gasteiger partial charge in [-0.1, -0.05) is 263 Å². The summed E-state index contributed by atoms with van der Waals surface area (Å²) >= 11 is 0. The van der Waals surface area contributed by atoms with E-state index in [1.165, 1.54) is 199 Å². The van der Waals surface area contributed by atoms with E-state index < -0.39 is 18.2 Å². The zero-order valence-electron chi connectivity index (χ0n) is 43.2. The Morgan fingerprint density at radius 2 is 0.797 bits per heavy atom. The van der Waals surface area contributed by atoms with Crippen LogP contribution in [0, 0.1) is 0 Å². The van der Waals surface area contributed by atoms with Gasteiger partial charge in [0.2, 0.25) is 5.91 Å². The molecule has 0 spiro atoms. The van der Waals surface area contributed by atoms with Gasteiger partial charge in [0.1, 0.15) is 6.10 Å². The van der Waals surface area contributed by atoms with E-state index in [9.17, 15) is 19.8 Å². The fraction of sp³-hybridized carbons (Fsp3) is 0.897. The SMILES string of the molecule is CCCCC/C=C\C/C=C\CCCCCCCC(CC(=O)NC(CO)C(O)CCCCCCCCCCCCCC)OC(=O)CCCCCCCCCCCCCCCCCCCC. The number of allylic oxidation sites excluding steroid dienone is 4. The number of hydrogen-bond acceptors (Lipinski definition) is 5. The standard InChI is InChI=1S/C58H111NO5/c1-4-7-10-13-16-19-22-25-27-28-29-31-33-36-39-42-45-48-51-58(63)64-54(49-46-43-40-37-34-32-30-26-23-20-17-14-11-8-5-2)52-57(62)59-55(53-60)56(61)50-47-44-41-38-35-24-21-18-15-12-9-6-3/h17,20,26,30,54-56,60-61H,4-16,18-19,21-25,27-29,31-53H2,1-3H3,(H,59,62)/b20-17-,30-26-. The number of hydrogen-bond donors (Lipinski definition) is 3. The summed E-state index contributed by atoms with van der Waals surface area (Å²) in [6.45, 7) is 6.49. The molecule has 0 aromatic carbocycles. The summed E-state index contributed by atoms with van der Waals surface area (Å²) < 4.78 is 5.96. The molecule has 0 rings (SSSR count). The summed E-state index contributed by atoms with van der Waals surface area (Å²) in [6, 6.07) is -0.702. The van der Waals surface area contributed by atoms with Crippen molar-refractivity contribution in [2.24, 2.45) is 0 Å². The van der Waals surface area contributed by atoms with Crippen LogP contribution in [0.25, 0.3) is 0 Å². The monoisotopic (exact) mass is 902 g/mol. The molecule has 1 amide bonds. The third-order valence-corrected chi connectivity index (χ3v) is 13.3. The van der Waals surface area contributed by atoms with Gasteiger partial charge in [0, 0.05) is 6.42 Å². The molecule has 0 fully saturated rings. The summed E-state index contributed by atoms with van der Waals surface area (Å²) in [7, 11) is 0. The molecule has 0 saturated carbocycles. The minimum absolute atomic E-state index is 0.0739. The Labute approximate surface area is 399 Å². The molecule has 3 N–H and O–H groups in total. The first kappa shape index (κ1) is 62.3. The van der Waals surface area contributed by atoms with Crippen molar-refractivity contribution >= 4 is 11.9 Å². The van der Waals surface area contributed by atoms with Crippen LogP contribution in [-0.4, -0.2) is 46.9 Å². The summed E-state index contributed by atoms with van der Waals surface area (Å²) in [4.78, 5) is 26.2. The van der Waals surface area contributed by atoms with E-state index in [1.807, 2.05) is 0 Å². The van der Waals surface area contributed by atoms with Gasteiger partial charge in [-0.25, -0.2) is 0 Å². The van der Waals surface area contributed by atoms with Crippen molar-refractivity contribution in [3.8, 4) is 0 Å². The van der Waals surface area contributed by atoms with E-state index in [2.05, 4.69) is 50.4 Å². The Morgan fingerprint density at radius 3 is 1.22 bits per heavy atom. The average Bonchev–Trinajstić information content (AvgIpc) is 3.29. The number of aliphatic hydroxyl groups is 2. The molecule has 0 aliphatic heterocycles. The fourth-order valence-electron chi connectivity index (χ4n) is 8.93. The van der Waals surface area contributed by atoms with E-state index in [0.717, 1.165) is 64.2 Å². The third kappa shape index (κ3) is 46.9. The number of carbonyl (C=O) groups excluding carboxylic acids is 2. The number of carbonyl (C=O) groups is 2. The van der Waals surface area contributed by atoms with Crippen molar-refractivity contribution < 1.29 is 24.5 Å². The van der Waals surface area contributed by atoms with Crippen LogP contribution in [0.15, 0.2) is 24.3 Å². The predicted molar refractivity (Wildman–Crippen MR) is 278 cm³/mol. The van der Waals surface area contributed by atoms with Crippen LogP contribution in [0.3, 0.4) is 0 Å². The molecular formula is C58H111NO5. The van der Waals surface area contributed by atoms with Crippen LogP contribution in [0.4, 0.5) is 0 Å². The second kappa shape index (κ2) is 52.3. The lowest BCUT2D eigenvalue weighted by atomic mass is 10.0. The first-order chi connectivity index (χ1) is 31.5. The third-order valence-electron chi connectivity index (χ3n) is 13.3. The minimum atomic E-state index is -0.788. The first-order valence-corrected chi connectivity index (χ1v) is 28.6. The predicted octanol–water partition coefficient (Wildman–Crippen LogP) is 17.5. The molecule has 6 heteroatoms. The molecule has 0 aromatic heterocycles. The summed E-state index contributed by atoms with van der Waals surface area (Å²) in [6.07, 6.45) is 61.0. The van der Waals surface area contributed by atoms with Crippen molar-refractivity contribution in [3.63, 3.8) is 0 Å². The van der Waals surface area contributed by atoms with Gasteiger partial charge in [0.25, 0.3) is 0 Å². The molecule has 3 atom stereocenters. The van der Waals surface area contributed by atoms with Crippen LogP contribution < -0.4 is 5.32 Å². The Hall–Kier alpha value is -1.66. The van der Waals surface area contributed by atoms with Crippen LogP contribution >= 0.6 is 0 Å². The zero-order chi connectivity index (χ0) is 46.7. The molecule has 0 aliphatic rings. The van der Waals surface area contributed by atoms with Gasteiger partial charge < -0.3 is 20.3 Å². The smallest absolute Gasteiger partial charge is 0.306 e. The fourth-order valence-corrected chi connectivity index (χ4v) is 8.93. The highest BCUT2D eigenvalue weighted by Crippen LogP contribution is 2.19. The highest BCUT2D eigenvalue weighted by Gasteiger charge is 2.24. The molecule has 0 aromatic rings. The van der Waals surface area contributed by atoms with Gasteiger partial charge in [0.15, 0.2) is 0 Å². The van der Waals surface area contributed by atoms with Gasteiger partial charge in [-0.05, 0) is 57.8 Å². The topological polar surface area (TPSA) is 95.9 Å². The maximum absolute atomic E-state index is 13.2. The second-order valence-corrected chi connectivity index (χ2v) is 19.7. The van der Waals surface area contributed by atoms with Crippen molar-refractivity contribution in [1.29, 1.82) is 0 Å². The molecule has 0 bridgehead atoms. The van der Waals surface area contributed by atoms with Crippen molar-refractivity contribution in [3.05, 3.63) is 24.3 Å². The zero-order valence-corrected chi connectivity index (χ0v) is 43.2. The molecule has 0 heterocycles. The first-order valence-electron chi connectivity index (χ1n) is 28.6. The lowest BCUT2D eigenvalue weighted by Crippen LogP contribution is -2.46. The van der Waals surface area contributed by atoms with Crippen LogP contribution in [0.5, 0.6) is 0 Å². The maximum atomic E-state index is 13.2. The number of unbranched alkanes of at least 4 members (excludes halogenated alkanes) is 36. The minimum Gasteiger partial charge on any atom is -0.462 e. The van der Waals surface area contributed by atoms with Crippen LogP contribution in [-0.2, 0) is 14.3 Å². The summed E-state index contributed by atoms with van der Waals surface area (Å²) in [5.74, 6) is -0.469. The lowest BCUT2D eigenvalue weighted by Gasteiger charge is -2.24. The normalized spacial score (nSPS) is 13.3. The molecule has 3 unspecified atom stereocenters. The van der Waals surface area contributed by atoms with Gasteiger partial charge >= 0.3 is 5.97 Å². The highest BCUT2D eigenvalue weighted by molar-refractivity contribution is 5.77. The Morgan fingerprint density at radius 1 is 0.453 bits per heavy atom. The molecule has 6 nitrogen and oxygen atoms in total. The Kier molecular flexibility index (Phi) is 51.0. The van der Waals surface area contributed by atoms with Crippen molar-refractivity contribution in [1.82, 2.24) is 5.32 Å². The van der Waals surface area contributed by atoms with Crippen molar-refractivity contribution in [2.75, 3.05) is 6.61 Å². The summed E-state index contributed by atoms with van der Waals surface area (Å²) in [5, 5.41) is 23.8. The molecule has 0 saturated heterocycles. The van der Waals surface area contributed by atoms with Gasteiger partial charge in [0.05, 0.1) is 25.2 Å². The van der Waals surface area contributed by atoms with E-state index in [-0.39, 0.29) is 24.9 Å². The van der Waals surface area contributed by atoms with E-state index in [1.54, 1.807) is 0 Å². The number of aliphatic hydroxyl groups excluding tert-OH is 2. The molecule has 0 radical (unpaired) electrons. The Balaban J connectivity index is 4.52. The Bertz CT molecular complexity index is 1010. The highest BCUT2D eigenvalue weighted by atomic mass is 16.5. The maximum Gasteiger partial charge on any atom is 0.306 e.